The Morgan fingerprint density at radius 2 is 1.65 bits per heavy atom. The van der Waals surface area contributed by atoms with E-state index in [-0.39, 0.29) is 34.7 Å². The number of halogens is 3. The Bertz CT molecular complexity index is 1230. The van der Waals surface area contributed by atoms with Gasteiger partial charge in [0.25, 0.3) is 5.56 Å². The van der Waals surface area contributed by atoms with E-state index in [9.17, 15) is 22.8 Å². The first kappa shape index (κ1) is 22.4. The quantitative estimate of drug-likeness (QED) is 0.649. The highest BCUT2D eigenvalue weighted by molar-refractivity contribution is 5.67. The smallest absolute Gasteiger partial charge is 0.331 e. The third-order valence-electron chi connectivity index (χ3n) is 4.99. The van der Waals surface area contributed by atoms with Gasteiger partial charge in [0, 0.05) is 29.4 Å². The van der Waals surface area contributed by atoms with E-state index in [1.54, 1.807) is 6.92 Å². The maximum absolute atomic E-state index is 15.0. The molecule has 2 N–H and O–H groups in total. The molecule has 3 rings (SSSR count). The summed E-state index contributed by atoms with van der Waals surface area (Å²) in [5.74, 6) is -2.57. The van der Waals surface area contributed by atoms with Gasteiger partial charge in [-0.3, -0.25) is 13.9 Å². The second kappa shape index (κ2) is 8.81. The molecule has 0 fully saturated rings. The highest BCUT2D eigenvalue weighted by atomic mass is 19.1. The van der Waals surface area contributed by atoms with Crippen LogP contribution in [0.3, 0.4) is 0 Å². The molecule has 1 atom stereocenters. The second-order valence-electron chi connectivity index (χ2n) is 7.24. The van der Waals surface area contributed by atoms with E-state index in [0.717, 1.165) is 21.3 Å². The van der Waals surface area contributed by atoms with Gasteiger partial charge in [0.15, 0.2) is 11.6 Å². The highest BCUT2D eigenvalue weighted by Crippen LogP contribution is 2.29. The van der Waals surface area contributed by atoms with E-state index in [1.165, 1.54) is 38.3 Å². The van der Waals surface area contributed by atoms with Gasteiger partial charge in [0.05, 0.1) is 19.2 Å². The van der Waals surface area contributed by atoms with E-state index in [1.807, 2.05) is 0 Å². The number of aromatic nitrogens is 2. The molecule has 0 amide bonds. The Morgan fingerprint density at radius 3 is 2.23 bits per heavy atom. The van der Waals surface area contributed by atoms with Crippen molar-refractivity contribution >= 4 is 0 Å². The zero-order chi connectivity index (χ0) is 22.9. The Kier molecular flexibility index (Phi) is 6.35. The fourth-order valence-corrected chi connectivity index (χ4v) is 3.45. The standard InChI is InChI=1S/C22H22F3N3O3/c1-12(26)10-28-21(29)19(14-6-4-9-18(31-3)20(14)25)13(2)27(22(28)30)11-15-16(23)7-5-8-17(15)24/h4-9,12H,10-11,26H2,1-3H3/t12-/m0/s1. The van der Waals surface area contributed by atoms with Gasteiger partial charge in [-0.05, 0) is 32.0 Å². The molecule has 2 aromatic carbocycles. The molecule has 0 saturated heterocycles. The van der Waals surface area contributed by atoms with Crippen LogP contribution in [0.2, 0.25) is 0 Å². The minimum absolute atomic E-state index is 0.0609. The molecule has 0 saturated carbocycles. The van der Waals surface area contributed by atoms with Gasteiger partial charge in [0.2, 0.25) is 0 Å². The molecule has 0 radical (unpaired) electrons. The van der Waals surface area contributed by atoms with E-state index in [2.05, 4.69) is 0 Å². The summed E-state index contributed by atoms with van der Waals surface area (Å²) in [6, 6.07) is 7.03. The summed E-state index contributed by atoms with van der Waals surface area (Å²) < 4.78 is 50.4. The number of rotatable bonds is 6. The highest BCUT2D eigenvalue weighted by Gasteiger charge is 2.23. The van der Waals surface area contributed by atoms with Crippen LogP contribution in [-0.2, 0) is 13.1 Å². The van der Waals surface area contributed by atoms with Crippen LogP contribution in [-0.4, -0.2) is 22.3 Å². The zero-order valence-electron chi connectivity index (χ0n) is 17.3. The monoisotopic (exact) mass is 433 g/mol. The van der Waals surface area contributed by atoms with Crippen molar-refractivity contribution in [3.63, 3.8) is 0 Å². The average molecular weight is 433 g/mol. The van der Waals surface area contributed by atoms with Gasteiger partial charge in [-0.2, -0.15) is 0 Å². The van der Waals surface area contributed by atoms with Crippen molar-refractivity contribution in [2.45, 2.75) is 33.0 Å². The molecule has 0 aliphatic rings. The summed E-state index contributed by atoms with van der Waals surface area (Å²) in [7, 11) is 1.28. The van der Waals surface area contributed by atoms with Crippen LogP contribution in [0.25, 0.3) is 11.1 Å². The molecule has 0 bridgehead atoms. The third kappa shape index (κ3) is 4.13. The minimum Gasteiger partial charge on any atom is -0.494 e. The van der Waals surface area contributed by atoms with E-state index < -0.39 is 41.3 Å². The van der Waals surface area contributed by atoms with Crippen LogP contribution in [0.15, 0.2) is 46.0 Å². The average Bonchev–Trinajstić information content (AvgIpc) is 2.71. The predicted octanol–water partition coefficient (Wildman–Crippen LogP) is 2.81. The third-order valence-corrected chi connectivity index (χ3v) is 4.99. The topological polar surface area (TPSA) is 79.2 Å². The lowest BCUT2D eigenvalue weighted by Gasteiger charge is -2.19. The first-order valence-electron chi connectivity index (χ1n) is 9.52. The van der Waals surface area contributed by atoms with Crippen molar-refractivity contribution < 1.29 is 17.9 Å². The second-order valence-corrected chi connectivity index (χ2v) is 7.24. The molecule has 9 heteroatoms. The molecular formula is C22H22F3N3O3. The number of benzene rings is 2. The first-order chi connectivity index (χ1) is 14.7. The maximum Gasteiger partial charge on any atom is 0.331 e. The molecule has 164 valence electrons. The Morgan fingerprint density at radius 1 is 1.03 bits per heavy atom. The van der Waals surface area contributed by atoms with E-state index >= 15 is 0 Å². The van der Waals surface area contributed by atoms with Crippen molar-refractivity contribution in [2.24, 2.45) is 5.73 Å². The Labute approximate surface area is 176 Å². The molecule has 0 unspecified atom stereocenters. The molecule has 31 heavy (non-hydrogen) atoms. The number of nitrogens with zero attached hydrogens (tertiary/aromatic N) is 2. The summed E-state index contributed by atoms with van der Waals surface area (Å²) in [4.78, 5) is 26.2. The molecule has 6 nitrogen and oxygen atoms in total. The molecule has 1 aromatic heterocycles. The summed E-state index contributed by atoms with van der Waals surface area (Å²) >= 11 is 0. The Hall–Kier alpha value is -3.33. The maximum atomic E-state index is 15.0. The fourth-order valence-electron chi connectivity index (χ4n) is 3.45. The van der Waals surface area contributed by atoms with Crippen LogP contribution in [0.5, 0.6) is 5.75 Å². The molecular weight excluding hydrogens is 411 g/mol. The van der Waals surface area contributed by atoms with Gasteiger partial charge in [-0.25, -0.2) is 18.0 Å². The van der Waals surface area contributed by atoms with Crippen LogP contribution < -0.4 is 21.7 Å². The molecule has 0 spiro atoms. The summed E-state index contributed by atoms with van der Waals surface area (Å²) in [5.41, 5.74) is 3.74. The lowest BCUT2D eigenvalue weighted by molar-refractivity contribution is 0.387. The minimum atomic E-state index is -0.842. The summed E-state index contributed by atoms with van der Waals surface area (Å²) in [6.45, 7) is 2.38. The number of methoxy groups -OCH3 is 1. The zero-order valence-corrected chi connectivity index (χ0v) is 17.3. The van der Waals surface area contributed by atoms with Gasteiger partial charge >= 0.3 is 5.69 Å². The lowest BCUT2D eigenvalue weighted by atomic mass is 10.0. The van der Waals surface area contributed by atoms with Crippen molar-refractivity contribution in [2.75, 3.05) is 7.11 Å². The van der Waals surface area contributed by atoms with Crippen LogP contribution >= 0.6 is 0 Å². The SMILES string of the molecule is COc1cccc(-c2c(C)n(Cc3c(F)cccc3F)c(=O)n(C[C@H](C)N)c2=O)c1F. The van der Waals surface area contributed by atoms with E-state index in [0.29, 0.717) is 0 Å². The van der Waals surface area contributed by atoms with Gasteiger partial charge in [0.1, 0.15) is 11.6 Å². The Balaban J connectivity index is 2.36. The van der Waals surface area contributed by atoms with Gasteiger partial charge < -0.3 is 10.5 Å². The van der Waals surface area contributed by atoms with Crippen molar-refractivity contribution in [1.82, 2.24) is 9.13 Å². The van der Waals surface area contributed by atoms with E-state index in [4.69, 9.17) is 10.5 Å². The largest absolute Gasteiger partial charge is 0.494 e. The molecule has 1 heterocycles. The van der Waals surface area contributed by atoms with Gasteiger partial charge in [-0.1, -0.05) is 18.2 Å². The van der Waals surface area contributed by atoms with Crippen molar-refractivity contribution in [1.29, 1.82) is 0 Å². The molecule has 3 aromatic rings. The van der Waals surface area contributed by atoms with Crippen LogP contribution in [0.1, 0.15) is 18.2 Å². The lowest BCUT2D eigenvalue weighted by Crippen LogP contribution is -2.45. The first-order valence-corrected chi connectivity index (χ1v) is 9.52. The fraction of sp³-hybridized carbons (Fsp3) is 0.273. The summed E-state index contributed by atoms with van der Waals surface area (Å²) in [5, 5.41) is 0. The van der Waals surface area contributed by atoms with Gasteiger partial charge in [-0.15, -0.1) is 0 Å². The van der Waals surface area contributed by atoms with Crippen molar-refractivity contribution in [3.05, 3.63) is 85.9 Å². The van der Waals surface area contributed by atoms with Crippen molar-refractivity contribution in [3.8, 4) is 16.9 Å². The molecule has 0 aliphatic carbocycles. The number of nitrogens with two attached hydrogens (primary N) is 1. The number of hydrogen-bond donors (Lipinski definition) is 1. The van der Waals surface area contributed by atoms with Crippen LogP contribution in [0.4, 0.5) is 13.2 Å². The normalized spacial score (nSPS) is 12.1. The number of ether oxygens (including phenoxy) is 1. The predicted molar refractivity (Wildman–Crippen MR) is 111 cm³/mol. The van der Waals surface area contributed by atoms with Crippen LogP contribution in [0, 0.1) is 24.4 Å². The number of hydrogen-bond acceptors (Lipinski definition) is 4. The molecule has 0 aliphatic heterocycles. The summed E-state index contributed by atoms with van der Waals surface area (Å²) in [6.07, 6.45) is 0.